The van der Waals surface area contributed by atoms with E-state index in [9.17, 15) is 4.79 Å². The Hall–Kier alpha value is -1.54. The van der Waals surface area contributed by atoms with Crippen LogP contribution in [0.25, 0.3) is 0 Å². The molecule has 1 aromatic heterocycles. The van der Waals surface area contributed by atoms with Crippen molar-refractivity contribution in [1.29, 1.82) is 0 Å². The van der Waals surface area contributed by atoms with Gasteiger partial charge in [0.25, 0.3) is 0 Å². The van der Waals surface area contributed by atoms with Gasteiger partial charge in [-0.15, -0.1) is 10.2 Å². The lowest BCUT2D eigenvalue weighted by Crippen LogP contribution is -2.09. The lowest BCUT2D eigenvalue weighted by Gasteiger charge is -2.14. The fourth-order valence-corrected chi connectivity index (χ4v) is 3.34. The summed E-state index contributed by atoms with van der Waals surface area (Å²) in [6, 6.07) is 5.94. The van der Waals surface area contributed by atoms with E-state index in [1.165, 1.54) is 0 Å². The molecule has 24 heavy (non-hydrogen) atoms. The molecule has 0 aliphatic carbocycles. The van der Waals surface area contributed by atoms with E-state index >= 15 is 0 Å². The summed E-state index contributed by atoms with van der Waals surface area (Å²) in [4.78, 5) is 10.7. The van der Waals surface area contributed by atoms with Crippen LogP contribution in [0.1, 0.15) is 38.1 Å². The minimum absolute atomic E-state index is 0.0385. The van der Waals surface area contributed by atoms with E-state index in [0.29, 0.717) is 23.4 Å². The number of carboxylic acids is 1. The average Bonchev–Trinajstić information content (AvgIpc) is 2.93. The maximum Gasteiger partial charge on any atom is 0.313 e. The molecule has 0 amide bonds. The summed E-state index contributed by atoms with van der Waals surface area (Å²) in [7, 11) is 0. The summed E-state index contributed by atoms with van der Waals surface area (Å²) < 4.78 is 8.84. The fraction of sp³-hybridized carbons (Fsp3) is 0.438. The topological polar surface area (TPSA) is 77.2 Å². The molecule has 8 heteroatoms. The van der Waals surface area contributed by atoms with Crippen LogP contribution in [0.4, 0.5) is 0 Å². The van der Waals surface area contributed by atoms with Crippen molar-refractivity contribution < 1.29 is 14.6 Å². The molecule has 1 N–H and O–H groups in total. The number of aromatic nitrogens is 3. The highest BCUT2D eigenvalue weighted by Gasteiger charge is 2.15. The normalized spacial score (nSPS) is 11.0. The Morgan fingerprint density at radius 1 is 1.42 bits per heavy atom. The molecule has 0 radical (unpaired) electrons. The van der Waals surface area contributed by atoms with Crippen LogP contribution in [0, 0.1) is 0 Å². The minimum Gasteiger partial charge on any atom is -0.485 e. The van der Waals surface area contributed by atoms with Crippen LogP contribution < -0.4 is 4.74 Å². The first-order valence-electron chi connectivity index (χ1n) is 7.61. The second-order valence-electron chi connectivity index (χ2n) is 5.45. The highest BCUT2D eigenvalue weighted by Crippen LogP contribution is 2.30. The standard InChI is InChI=1S/C16H20BrN3O3S/c1-4-20-14(18-19-16(20)24-9-15(21)22)8-23-13-6-5-11(17)7-12(13)10(2)3/h5-7,10H,4,8-9H2,1-3H3,(H,21,22). The Morgan fingerprint density at radius 2 is 2.17 bits per heavy atom. The van der Waals surface area contributed by atoms with Crippen LogP contribution in [-0.2, 0) is 17.9 Å². The van der Waals surface area contributed by atoms with Crippen LogP contribution in [0.5, 0.6) is 5.75 Å². The Balaban J connectivity index is 2.14. The lowest BCUT2D eigenvalue weighted by atomic mass is 10.0. The zero-order valence-electron chi connectivity index (χ0n) is 13.8. The number of thioether (sulfide) groups is 1. The second-order valence-corrected chi connectivity index (χ2v) is 7.31. The molecular weight excluding hydrogens is 394 g/mol. The molecule has 130 valence electrons. The van der Waals surface area contributed by atoms with Gasteiger partial charge in [0.15, 0.2) is 11.0 Å². The molecule has 0 atom stereocenters. The predicted octanol–water partition coefficient (Wildman–Crippen LogP) is 3.94. The van der Waals surface area contributed by atoms with Crippen LogP contribution in [0.15, 0.2) is 27.8 Å². The molecule has 1 heterocycles. The first-order chi connectivity index (χ1) is 11.4. The molecule has 1 aromatic carbocycles. The van der Waals surface area contributed by atoms with Gasteiger partial charge < -0.3 is 14.4 Å². The van der Waals surface area contributed by atoms with Crippen LogP contribution >= 0.6 is 27.7 Å². The van der Waals surface area contributed by atoms with Crippen molar-refractivity contribution in [1.82, 2.24) is 14.8 Å². The number of aliphatic carboxylic acids is 1. The third kappa shape index (κ3) is 4.73. The molecular formula is C16H20BrN3O3S. The zero-order chi connectivity index (χ0) is 17.7. The largest absolute Gasteiger partial charge is 0.485 e. The van der Waals surface area contributed by atoms with E-state index in [2.05, 4.69) is 46.0 Å². The van der Waals surface area contributed by atoms with Gasteiger partial charge in [-0.25, -0.2) is 0 Å². The van der Waals surface area contributed by atoms with Crippen molar-refractivity contribution in [3.05, 3.63) is 34.1 Å². The van der Waals surface area contributed by atoms with E-state index in [4.69, 9.17) is 9.84 Å². The number of ether oxygens (including phenoxy) is 1. The van der Waals surface area contributed by atoms with Crippen LogP contribution in [-0.4, -0.2) is 31.6 Å². The Kier molecular flexibility index (Phi) is 6.68. The molecule has 0 saturated heterocycles. The first kappa shape index (κ1) is 18.8. The number of rotatable bonds is 8. The second kappa shape index (κ2) is 8.53. The third-order valence-electron chi connectivity index (χ3n) is 3.39. The van der Waals surface area contributed by atoms with Gasteiger partial charge in [0, 0.05) is 11.0 Å². The molecule has 0 unspecified atom stereocenters. The van der Waals surface area contributed by atoms with Crippen molar-refractivity contribution in [2.24, 2.45) is 0 Å². The van der Waals surface area contributed by atoms with Gasteiger partial charge in [0.2, 0.25) is 0 Å². The molecule has 0 spiro atoms. The van der Waals surface area contributed by atoms with Crippen molar-refractivity contribution in [3.8, 4) is 5.75 Å². The summed E-state index contributed by atoms with van der Waals surface area (Å²) in [5.41, 5.74) is 1.12. The van der Waals surface area contributed by atoms with Crippen molar-refractivity contribution in [2.45, 2.75) is 45.0 Å². The maximum absolute atomic E-state index is 10.7. The zero-order valence-corrected chi connectivity index (χ0v) is 16.2. The Bertz CT molecular complexity index is 719. The van der Waals surface area contributed by atoms with Gasteiger partial charge in [0.1, 0.15) is 12.4 Å². The van der Waals surface area contributed by atoms with E-state index in [1.807, 2.05) is 23.6 Å². The number of carbonyl (C=O) groups is 1. The van der Waals surface area contributed by atoms with Crippen molar-refractivity contribution >= 4 is 33.7 Å². The van der Waals surface area contributed by atoms with Gasteiger partial charge in [-0.1, -0.05) is 41.5 Å². The highest BCUT2D eigenvalue weighted by atomic mass is 79.9. The minimum atomic E-state index is -0.875. The van der Waals surface area contributed by atoms with Crippen molar-refractivity contribution in [3.63, 3.8) is 0 Å². The van der Waals surface area contributed by atoms with E-state index < -0.39 is 5.97 Å². The summed E-state index contributed by atoms with van der Waals surface area (Å²) in [5.74, 6) is 0.924. The fourth-order valence-electron chi connectivity index (χ4n) is 2.22. The molecule has 0 fully saturated rings. The summed E-state index contributed by atoms with van der Waals surface area (Å²) in [6.07, 6.45) is 0. The van der Waals surface area contributed by atoms with Gasteiger partial charge in [0.05, 0.1) is 5.75 Å². The summed E-state index contributed by atoms with van der Waals surface area (Å²) in [6.45, 7) is 7.14. The highest BCUT2D eigenvalue weighted by molar-refractivity contribution is 9.10. The third-order valence-corrected chi connectivity index (χ3v) is 4.83. The molecule has 0 aliphatic rings. The lowest BCUT2D eigenvalue weighted by molar-refractivity contribution is -0.133. The quantitative estimate of drug-likeness (QED) is 0.660. The average molecular weight is 414 g/mol. The molecule has 0 saturated carbocycles. The SMILES string of the molecule is CCn1c(COc2ccc(Br)cc2C(C)C)nnc1SCC(=O)O. The first-order valence-corrected chi connectivity index (χ1v) is 9.39. The van der Waals surface area contributed by atoms with E-state index in [1.54, 1.807) is 0 Å². The number of carboxylic acid groups (broad SMARTS) is 1. The van der Waals surface area contributed by atoms with E-state index in [-0.39, 0.29) is 12.4 Å². The van der Waals surface area contributed by atoms with Crippen LogP contribution in [0.2, 0.25) is 0 Å². The van der Waals surface area contributed by atoms with Gasteiger partial charge >= 0.3 is 5.97 Å². The number of hydrogen-bond acceptors (Lipinski definition) is 5. The Labute approximate surface area is 153 Å². The van der Waals surface area contributed by atoms with Gasteiger partial charge in [-0.2, -0.15) is 0 Å². The number of nitrogens with zero attached hydrogens (tertiary/aromatic N) is 3. The molecule has 6 nitrogen and oxygen atoms in total. The molecule has 0 aliphatic heterocycles. The number of hydrogen-bond donors (Lipinski definition) is 1. The summed E-state index contributed by atoms with van der Waals surface area (Å²) >= 11 is 4.64. The molecule has 2 aromatic rings. The predicted molar refractivity (Wildman–Crippen MR) is 96.6 cm³/mol. The van der Waals surface area contributed by atoms with Crippen molar-refractivity contribution in [2.75, 3.05) is 5.75 Å². The number of benzene rings is 1. The maximum atomic E-state index is 10.7. The van der Waals surface area contributed by atoms with Gasteiger partial charge in [-0.3, -0.25) is 4.79 Å². The Morgan fingerprint density at radius 3 is 2.79 bits per heavy atom. The molecule has 0 bridgehead atoms. The monoisotopic (exact) mass is 413 g/mol. The number of halogens is 1. The smallest absolute Gasteiger partial charge is 0.313 e. The molecule has 2 rings (SSSR count). The van der Waals surface area contributed by atoms with Gasteiger partial charge in [-0.05, 0) is 36.6 Å². The van der Waals surface area contributed by atoms with Crippen LogP contribution in [0.3, 0.4) is 0 Å². The summed E-state index contributed by atoms with van der Waals surface area (Å²) in [5, 5.41) is 17.6. The van der Waals surface area contributed by atoms with E-state index in [0.717, 1.165) is 27.5 Å².